The molecule has 3 aliphatic rings. The van der Waals surface area contributed by atoms with Crippen molar-refractivity contribution in [1.29, 1.82) is 0 Å². The Kier molecular flexibility index (Phi) is 12.1. The normalized spacial score (nSPS) is 20.8. The van der Waals surface area contributed by atoms with E-state index >= 15 is 0 Å². The molecule has 13 nitrogen and oxygen atoms in total. The first-order valence-corrected chi connectivity index (χ1v) is 19.9. The second-order valence-electron chi connectivity index (χ2n) is 15.8. The Hall–Kier alpha value is -3.91. The molecule has 1 heterocycles. The number of sulfonamides is 1. The largest absolute Gasteiger partial charge is 0.496 e. The van der Waals surface area contributed by atoms with Crippen LogP contribution in [0.1, 0.15) is 84.6 Å². The summed E-state index contributed by atoms with van der Waals surface area (Å²) in [5.74, 6) is -0.508. The molecule has 0 aromatic heterocycles. The van der Waals surface area contributed by atoms with Gasteiger partial charge in [-0.1, -0.05) is 58.4 Å². The summed E-state index contributed by atoms with van der Waals surface area (Å²) in [6, 6.07) is 10.1. The van der Waals surface area contributed by atoms with Crippen LogP contribution in [-0.2, 0) is 35.6 Å². The summed E-state index contributed by atoms with van der Waals surface area (Å²) in [5.41, 5.74) is -0.858. The molecule has 4 atom stereocenters. The summed E-state index contributed by atoms with van der Waals surface area (Å²) in [4.78, 5) is 55.2. The fraction of sp³-hybridized carbons (Fsp3) is 0.632. The molecule has 0 radical (unpaired) electrons. The molecule has 14 heteroatoms. The van der Waals surface area contributed by atoms with Gasteiger partial charge >= 0.3 is 6.03 Å². The zero-order chi connectivity index (χ0) is 37.8. The van der Waals surface area contributed by atoms with Gasteiger partial charge in [0, 0.05) is 26.6 Å². The monoisotopic (exact) mass is 741 g/mol. The van der Waals surface area contributed by atoms with Crippen molar-refractivity contribution in [3.63, 3.8) is 0 Å². The van der Waals surface area contributed by atoms with Crippen LogP contribution in [0, 0.1) is 11.3 Å². The van der Waals surface area contributed by atoms with E-state index < -0.39 is 68.2 Å². The van der Waals surface area contributed by atoms with Gasteiger partial charge in [0.05, 0.1) is 18.5 Å². The predicted molar refractivity (Wildman–Crippen MR) is 198 cm³/mol. The number of nitrogens with one attached hydrogen (secondary N) is 4. The third kappa shape index (κ3) is 9.54. The Bertz CT molecular complexity index is 1750. The molecule has 286 valence electrons. The lowest BCUT2D eigenvalue weighted by atomic mass is 9.85. The minimum atomic E-state index is -3.78. The molecular formula is C38H55N5O8S. The summed E-state index contributed by atoms with van der Waals surface area (Å²) in [6.07, 6.45) is 4.95. The van der Waals surface area contributed by atoms with Crippen molar-refractivity contribution in [1.82, 2.24) is 25.6 Å². The number of nitrogens with zero attached hydrogens (tertiary/aromatic N) is 1. The van der Waals surface area contributed by atoms with Gasteiger partial charge in [-0.3, -0.25) is 19.1 Å². The third-order valence-corrected chi connectivity index (χ3v) is 12.3. The molecule has 2 aliphatic carbocycles. The number of ether oxygens (including phenoxy) is 2. The number of fused-ring (bicyclic) bond motifs is 1. The Labute approximate surface area is 307 Å². The minimum absolute atomic E-state index is 0.126. The van der Waals surface area contributed by atoms with Gasteiger partial charge in [0.2, 0.25) is 21.8 Å². The highest BCUT2D eigenvalue weighted by molar-refractivity contribution is 7.91. The average Bonchev–Trinajstić information content (AvgIpc) is 4.03. The lowest BCUT2D eigenvalue weighted by molar-refractivity contribution is -0.142. The van der Waals surface area contributed by atoms with E-state index in [2.05, 4.69) is 51.9 Å². The van der Waals surface area contributed by atoms with E-state index in [9.17, 15) is 27.6 Å². The molecule has 2 saturated carbocycles. The van der Waals surface area contributed by atoms with Crippen molar-refractivity contribution >= 4 is 44.5 Å². The number of urea groups is 1. The number of aryl methyl sites for hydroxylation is 1. The smallest absolute Gasteiger partial charge is 0.315 e. The predicted octanol–water partition coefficient (Wildman–Crippen LogP) is 3.78. The maximum absolute atomic E-state index is 14.1. The molecule has 5 amide bonds. The topological polar surface area (TPSA) is 172 Å². The van der Waals surface area contributed by atoms with Crippen molar-refractivity contribution in [2.24, 2.45) is 11.3 Å². The molecule has 52 heavy (non-hydrogen) atoms. The first kappa shape index (κ1) is 39.3. The number of hydrogen-bond acceptors (Lipinski definition) is 8. The maximum atomic E-state index is 14.1. The van der Waals surface area contributed by atoms with Gasteiger partial charge in [0.15, 0.2) is 0 Å². The Morgan fingerprint density at radius 3 is 2.29 bits per heavy atom. The summed E-state index contributed by atoms with van der Waals surface area (Å²) >= 11 is 0. The third-order valence-electron chi connectivity index (χ3n) is 10.5. The molecule has 2 aromatic rings. The Morgan fingerprint density at radius 1 is 1.02 bits per heavy atom. The molecular weight excluding hydrogens is 687 g/mol. The van der Waals surface area contributed by atoms with Crippen LogP contribution in [0.2, 0.25) is 0 Å². The van der Waals surface area contributed by atoms with Gasteiger partial charge < -0.3 is 30.3 Å². The van der Waals surface area contributed by atoms with Gasteiger partial charge in [-0.25, -0.2) is 13.2 Å². The van der Waals surface area contributed by atoms with E-state index in [1.54, 1.807) is 7.11 Å². The SMILES string of the molecule is COc1cc2ccccc2cc1CCCC(C)CCNC(=O)N[C@H](C(=O)N1C[C@@H](OC)C[C@H]1C(=O)NC1(C(=O)NS(=O)(=O)C2CC2)CC1)C(C)(C)C. The van der Waals surface area contributed by atoms with Crippen LogP contribution in [-0.4, -0.2) is 93.4 Å². The average molecular weight is 742 g/mol. The van der Waals surface area contributed by atoms with E-state index in [1.165, 1.54) is 23.0 Å². The van der Waals surface area contributed by atoms with Crippen molar-refractivity contribution in [3.05, 3.63) is 42.0 Å². The van der Waals surface area contributed by atoms with Gasteiger partial charge in [0.1, 0.15) is 23.4 Å². The van der Waals surface area contributed by atoms with Crippen molar-refractivity contribution in [3.8, 4) is 5.75 Å². The Morgan fingerprint density at radius 2 is 1.69 bits per heavy atom. The van der Waals surface area contributed by atoms with E-state index in [4.69, 9.17) is 9.47 Å². The molecule has 3 fully saturated rings. The molecule has 2 aromatic carbocycles. The van der Waals surface area contributed by atoms with Crippen LogP contribution in [0.25, 0.3) is 10.8 Å². The van der Waals surface area contributed by atoms with Crippen LogP contribution >= 0.6 is 0 Å². The fourth-order valence-electron chi connectivity index (χ4n) is 6.87. The maximum Gasteiger partial charge on any atom is 0.315 e. The number of carbonyl (C=O) groups is 4. The lowest BCUT2D eigenvalue weighted by Gasteiger charge is -2.35. The second kappa shape index (κ2) is 16.0. The van der Waals surface area contributed by atoms with Crippen LogP contribution < -0.4 is 25.4 Å². The molecule has 1 aliphatic heterocycles. The summed E-state index contributed by atoms with van der Waals surface area (Å²) in [6.45, 7) is 8.23. The first-order chi connectivity index (χ1) is 24.6. The standard InChI is InChI=1S/C38H55N5O8S/c1-24(10-9-13-27-20-25-11-7-8-12-26(25)21-31(27)51-6)16-19-39-36(47)40-32(37(2,3)4)34(45)43-23-28(50-5)22-30(43)33(44)41-38(17-18-38)35(46)42-52(48,49)29-14-15-29/h7-8,11-12,20-21,24,28-30,32H,9-10,13-19,22-23H2,1-6H3,(H,41,44)(H,42,46)(H2,39,40,47)/t24?,28-,30-,32+/m0/s1. The number of methoxy groups -OCH3 is 2. The van der Waals surface area contributed by atoms with E-state index in [0.29, 0.717) is 38.1 Å². The Balaban J connectivity index is 1.12. The molecule has 5 rings (SSSR count). The number of hydrogen-bond donors (Lipinski definition) is 4. The second-order valence-corrected chi connectivity index (χ2v) is 17.8. The van der Waals surface area contributed by atoms with Crippen LogP contribution in [0.15, 0.2) is 36.4 Å². The van der Waals surface area contributed by atoms with Crippen LogP contribution in [0.3, 0.4) is 0 Å². The number of carbonyl (C=O) groups excluding carboxylic acids is 4. The number of rotatable bonds is 16. The highest BCUT2D eigenvalue weighted by Crippen LogP contribution is 2.38. The van der Waals surface area contributed by atoms with E-state index in [0.717, 1.165) is 36.8 Å². The zero-order valence-corrected chi connectivity index (χ0v) is 32.1. The van der Waals surface area contributed by atoms with Crippen molar-refractivity contribution in [2.45, 2.75) is 114 Å². The summed E-state index contributed by atoms with van der Waals surface area (Å²) in [7, 11) is -0.585. The van der Waals surface area contributed by atoms with Crippen molar-refractivity contribution in [2.75, 3.05) is 27.3 Å². The van der Waals surface area contributed by atoms with Gasteiger partial charge in [0.25, 0.3) is 5.91 Å². The lowest BCUT2D eigenvalue weighted by Crippen LogP contribution is -2.60. The summed E-state index contributed by atoms with van der Waals surface area (Å²) in [5, 5.41) is 10.3. The minimum Gasteiger partial charge on any atom is -0.496 e. The van der Waals surface area contributed by atoms with Crippen LogP contribution in [0.5, 0.6) is 5.75 Å². The zero-order valence-electron chi connectivity index (χ0n) is 31.3. The number of amides is 5. The molecule has 4 N–H and O–H groups in total. The van der Waals surface area contributed by atoms with Crippen LogP contribution in [0.4, 0.5) is 4.79 Å². The highest BCUT2D eigenvalue weighted by Gasteiger charge is 2.55. The quantitative estimate of drug-likeness (QED) is 0.201. The van der Waals surface area contributed by atoms with Gasteiger partial charge in [-0.15, -0.1) is 0 Å². The van der Waals surface area contributed by atoms with Crippen molar-refractivity contribution < 1.29 is 37.1 Å². The summed E-state index contributed by atoms with van der Waals surface area (Å²) < 4.78 is 38.1. The molecule has 1 saturated heterocycles. The molecule has 0 bridgehead atoms. The van der Waals surface area contributed by atoms with E-state index in [-0.39, 0.29) is 13.0 Å². The highest BCUT2D eigenvalue weighted by atomic mass is 32.2. The number of likely N-dealkylation sites (tertiary alicyclic amines) is 1. The molecule has 1 unspecified atom stereocenters. The fourth-order valence-corrected chi connectivity index (χ4v) is 8.24. The first-order valence-electron chi connectivity index (χ1n) is 18.4. The molecule has 0 spiro atoms. The van der Waals surface area contributed by atoms with Gasteiger partial charge in [-0.05, 0) is 84.7 Å². The van der Waals surface area contributed by atoms with E-state index in [1.807, 2.05) is 32.9 Å². The van der Waals surface area contributed by atoms with Gasteiger partial charge in [-0.2, -0.15) is 0 Å². The number of benzene rings is 2.